The van der Waals surface area contributed by atoms with Crippen molar-refractivity contribution in [2.45, 2.75) is 32.1 Å². The topological polar surface area (TPSA) is 20.3 Å². The molecule has 0 bridgehead atoms. The first-order valence-electron chi connectivity index (χ1n) is 4.66. The van der Waals surface area contributed by atoms with Crippen LogP contribution in [0.15, 0.2) is 0 Å². The largest absolute Gasteiger partial charge is 0.342 e. The van der Waals surface area contributed by atoms with Crippen molar-refractivity contribution in [1.82, 2.24) is 4.90 Å². The van der Waals surface area contributed by atoms with Crippen LogP contribution < -0.4 is 0 Å². The minimum absolute atomic E-state index is 0.000394. The second-order valence-electron chi connectivity index (χ2n) is 4.08. The Morgan fingerprint density at radius 1 is 1.54 bits per heavy atom. The molecular weight excluding hydrogens is 176 g/mol. The number of carbonyl (C=O) groups excluding carboxylic acids is 1. The van der Waals surface area contributed by atoms with Gasteiger partial charge in [0, 0.05) is 25.9 Å². The first kappa shape index (κ1) is 8.91. The molecular formula is C9H13F2NO. The van der Waals surface area contributed by atoms with E-state index in [-0.39, 0.29) is 18.9 Å². The molecule has 0 aromatic heterocycles. The molecule has 0 radical (unpaired) electrons. The van der Waals surface area contributed by atoms with Crippen LogP contribution in [0.25, 0.3) is 0 Å². The van der Waals surface area contributed by atoms with Gasteiger partial charge in [-0.1, -0.05) is 6.92 Å². The van der Waals surface area contributed by atoms with Crippen LogP contribution >= 0.6 is 0 Å². The van der Waals surface area contributed by atoms with Crippen molar-refractivity contribution >= 4 is 5.91 Å². The second kappa shape index (κ2) is 2.42. The fourth-order valence-corrected chi connectivity index (χ4v) is 2.13. The number of carbonyl (C=O) groups is 1. The van der Waals surface area contributed by atoms with Gasteiger partial charge in [-0.15, -0.1) is 0 Å². The summed E-state index contributed by atoms with van der Waals surface area (Å²) in [7, 11) is 0. The van der Waals surface area contributed by atoms with Gasteiger partial charge in [0.15, 0.2) is 0 Å². The quantitative estimate of drug-likeness (QED) is 0.614. The molecule has 0 N–H and O–H groups in total. The van der Waals surface area contributed by atoms with E-state index in [1.165, 1.54) is 0 Å². The van der Waals surface area contributed by atoms with Gasteiger partial charge in [-0.25, -0.2) is 8.78 Å². The van der Waals surface area contributed by atoms with Gasteiger partial charge in [0.1, 0.15) is 0 Å². The Morgan fingerprint density at radius 2 is 2.15 bits per heavy atom. The summed E-state index contributed by atoms with van der Waals surface area (Å²) in [6.07, 6.45) is 0.876. The number of halogens is 2. The molecule has 0 aromatic carbocycles. The molecule has 4 heteroatoms. The predicted molar refractivity (Wildman–Crippen MR) is 43.5 cm³/mol. The van der Waals surface area contributed by atoms with Crippen LogP contribution in [-0.2, 0) is 4.79 Å². The first-order valence-corrected chi connectivity index (χ1v) is 4.66. The number of alkyl halides is 2. The lowest BCUT2D eigenvalue weighted by Crippen LogP contribution is -2.29. The predicted octanol–water partition coefficient (Wildman–Crippen LogP) is 1.65. The fraction of sp³-hybridized carbons (Fsp3) is 0.889. The standard InChI is InChI=1S/C9H13F2NO/c1-2-7(13)12-4-3-8(6-12)5-9(8,10)11/h2-6H2,1H3. The van der Waals surface area contributed by atoms with E-state index in [9.17, 15) is 13.6 Å². The molecule has 2 rings (SSSR count). The van der Waals surface area contributed by atoms with Gasteiger partial charge in [-0.3, -0.25) is 4.79 Å². The van der Waals surface area contributed by atoms with Crippen LogP contribution in [0, 0.1) is 5.41 Å². The Bertz CT molecular complexity index is 254. The van der Waals surface area contributed by atoms with E-state index in [0.717, 1.165) is 0 Å². The molecule has 1 heterocycles. The maximum absolute atomic E-state index is 12.9. The summed E-state index contributed by atoms with van der Waals surface area (Å²) in [5, 5.41) is 0. The van der Waals surface area contributed by atoms with Gasteiger partial charge in [-0.2, -0.15) is 0 Å². The summed E-state index contributed by atoms with van der Waals surface area (Å²) in [6, 6.07) is 0. The second-order valence-corrected chi connectivity index (χ2v) is 4.08. The Morgan fingerprint density at radius 3 is 2.54 bits per heavy atom. The summed E-state index contributed by atoms with van der Waals surface area (Å²) in [5.41, 5.74) is -0.835. The highest BCUT2D eigenvalue weighted by atomic mass is 19.3. The maximum Gasteiger partial charge on any atom is 0.256 e. The van der Waals surface area contributed by atoms with E-state index in [0.29, 0.717) is 19.4 Å². The van der Waals surface area contributed by atoms with Crippen LogP contribution in [0.3, 0.4) is 0 Å². The van der Waals surface area contributed by atoms with Crippen LogP contribution in [0.1, 0.15) is 26.2 Å². The summed E-state index contributed by atoms with van der Waals surface area (Å²) < 4.78 is 25.8. The Balaban J connectivity index is 2.00. The van der Waals surface area contributed by atoms with Crippen molar-refractivity contribution in [3.05, 3.63) is 0 Å². The molecule has 1 spiro atoms. The highest BCUT2D eigenvalue weighted by Crippen LogP contribution is 2.64. The average molecular weight is 189 g/mol. The summed E-state index contributed by atoms with van der Waals surface area (Å²) in [5.74, 6) is -2.50. The highest BCUT2D eigenvalue weighted by molar-refractivity contribution is 5.76. The van der Waals surface area contributed by atoms with Crippen molar-refractivity contribution < 1.29 is 13.6 Å². The Kier molecular flexibility index (Phi) is 1.66. The van der Waals surface area contributed by atoms with E-state index in [4.69, 9.17) is 0 Å². The van der Waals surface area contributed by atoms with E-state index in [1.807, 2.05) is 0 Å². The number of hydrogen-bond acceptors (Lipinski definition) is 1. The maximum atomic E-state index is 12.9. The number of amides is 1. The Labute approximate surface area is 75.9 Å². The average Bonchev–Trinajstić information content (AvgIpc) is 2.50. The monoisotopic (exact) mass is 189 g/mol. The van der Waals surface area contributed by atoms with Crippen LogP contribution in [0.5, 0.6) is 0 Å². The molecule has 1 saturated carbocycles. The molecule has 1 aliphatic carbocycles. The molecule has 74 valence electrons. The minimum atomic E-state index is -2.50. The van der Waals surface area contributed by atoms with Crippen LogP contribution in [0.4, 0.5) is 8.78 Å². The SMILES string of the molecule is CCC(=O)N1CCC2(C1)CC2(F)F. The van der Waals surface area contributed by atoms with Gasteiger partial charge in [-0.05, 0) is 6.42 Å². The fourth-order valence-electron chi connectivity index (χ4n) is 2.13. The molecule has 1 aliphatic heterocycles. The molecule has 1 atom stereocenters. The molecule has 1 saturated heterocycles. The van der Waals surface area contributed by atoms with E-state index < -0.39 is 11.3 Å². The zero-order valence-electron chi connectivity index (χ0n) is 7.65. The smallest absolute Gasteiger partial charge is 0.256 e. The number of hydrogen-bond donors (Lipinski definition) is 0. The summed E-state index contributed by atoms with van der Waals surface area (Å²) in [4.78, 5) is 12.8. The molecule has 2 nitrogen and oxygen atoms in total. The molecule has 2 aliphatic rings. The van der Waals surface area contributed by atoms with E-state index in [1.54, 1.807) is 11.8 Å². The molecule has 13 heavy (non-hydrogen) atoms. The van der Waals surface area contributed by atoms with E-state index in [2.05, 4.69) is 0 Å². The van der Waals surface area contributed by atoms with Crippen molar-refractivity contribution in [2.24, 2.45) is 5.41 Å². The number of nitrogens with zero attached hydrogens (tertiary/aromatic N) is 1. The van der Waals surface area contributed by atoms with Crippen molar-refractivity contribution in [3.63, 3.8) is 0 Å². The van der Waals surface area contributed by atoms with Gasteiger partial charge >= 0.3 is 0 Å². The number of rotatable bonds is 1. The lowest BCUT2D eigenvalue weighted by molar-refractivity contribution is -0.130. The van der Waals surface area contributed by atoms with E-state index >= 15 is 0 Å². The molecule has 1 unspecified atom stereocenters. The van der Waals surface area contributed by atoms with Gasteiger partial charge in [0.2, 0.25) is 5.91 Å². The normalized spacial score (nSPS) is 35.5. The third-order valence-electron chi connectivity index (χ3n) is 3.22. The van der Waals surface area contributed by atoms with Crippen LogP contribution in [0.2, 0.25) is 0 Å². The lowest BCUT2D eigenvalue weighted by Gasteiger charge is -2.14. The third kappa shape index (κ3) is 1.15. The van der Waals surface area contributed by atoms with Gasteiger partial charge < -0.3 is 4.90 Å². The first-order chi connectivity index (χ1) is 6.01. The highest BCUT2D eigenvalue weighted by Gasteiger charge is 2.72. The zero-order valence-corrected chi connectivity index (χ0v) is 7.65. The van der Waals surface area contributed by atoms with Crippen LogP contribution in [-0.4, -0.2) is 29.8 Å². The molecule has 2 fully saturated rings. The van der Waals surface area contributed by atoms with Gasteiger partial charge in [0.05, 0.1) is 5.41 Å². The van der Waals surface area contributed by atoms with Crippen molar-refractivity contribution in [1.29, 1.82) is 0 Å². The molecule has 1 amide bonds. The van der Waals surface area contributed by atoms with Crippen molar-refractivity contribution in [2.75, 3.05) is 13.1 Å². The Hall–Kier alpha value is -0.670. The molecule has 0 aromatic rings. The van der Waals surface area contributed by atoms with Crippen molar-refractivity contribution in [3.8, 4) is 0 Å². The minimum Gasteiger partial charge on any atom is -0.342 e. The third-order valence-corrected chi connectivity index (χ3v) is 3.22. The number of likely N-dealkylation sites (tertiary alicyclic amines) is 1. The van der Waals surface area contributed by atoms with Gasteiger partial charge in [0.25, 0.3) is 5.92 Å². The lowest BCUT2D eigenvalue weighted by atomic mass is 10.1. The zero-order chi connectivity index (χ0) is 9.69. The summed E-state index contributed by atoms with van der Waals surface area (Å²) in [6.45, 7) is 2.55. The summed E-state index contributed by atoms with van der Waals surface area (Å²) >= 11 is 0.